The van der Waals surface area contributed by atoms with Crippen molar-refractivity contribution in [1.29, 1.82) is 5.26 Å². The van der Waals surface area contributed by atoms with Gasteiger partial charge in [-0.25, -0.2) is 4.98 Å². The molecule has 2 aliphatic rings. The molecule has 0 radical (unpaired) electrons. The van der Waals surface area contributed by atoms with Crippen LogP contribution in [0.3, 0.4) is 0 Å². The fourth-order valence-corrected chi connectivity index (χ4v) is 7.51. The second kappa shape index (κ2) is 16.0. The van der Waals surface area contributed by atoms with E-state index in [1.54, 1.807) is 30.7 Å². The molecule has 4 heterocycles. The van der Waals surface area contributed by atoms with Crippen LogP contribution < -0.4 is 19.8 Å². The number of likely N-dealkylation sites (tertiary alicyclic amines) is 1. The summed E-state index contributed by atoms with van der Waals surface area (Å²) in [5.74, 6) is 1.61. The van der Waals surface area contributed by atoms with E-state index in [4.69, 9.17) is 14.2 Å². The first-order valence-electron chi connectivity index (χ1n) is 18.1. The Hall–Kier alpha value is -5.61. The van der Waals surface area contributed by atoms with Gasteiger partial charge in [-0.15, -0.1) is 0 Å². The number of hydrogen-bond donors (Lipinski definition) is 0. The Morgan fingerprint density at radius 2 is 1.67 bits per heavy atom. The first kappa shape index (κ1) is 39.1. The second-order valence-electron chi connectivity index (χ2n) is 14.0. The molecule has 0 aliphatic carbocycles. The van der Waals surface area contributed by atoms with Crippen LogP contribution >= 0.6 is 0 Å². The summed E-state index contributed by atoms with van der Waals surface area (Å²) >= 11 is 0. The van der Waals surface area contributed by atoms with Crippen molar-refractivity contribution in [2.45, 2.75) is 64.9 Å². The zero-order valence-electron chi connectivity index (χ0n) is 31.8. The molecule has 1 fully saturated rings. The number of aromatic nitrogens is 2. The Balaban J connectivity index is 1.12. The van der Waals surface area contributed by atoms with Crippen molar-refractivity contribution >= 4 is 12.0 Å². The van der Waals surface area contributed by atoms with Crippen LogP contribution in [0.1, 0.15) is 65.0 Å². The van der Waals surface area contributed by atoms with Gasteiger partial charge in [0.25, 0.3) is 11.5 Å². The number of benzene rings is 2. The number of carbonyl (C=O) groups is 1. The van der Waals surface area contributed by atoms with Gasteiger partial charge in [-0.2, -0.15) is 18.4 Å². The van der Waals surface area contributed by atoms with Crippen LogP contribution in [-0.4, -0.2) is 65.2 Å². The highest BCUT2D eigenvalue weighted by atomic mass is 19.4. The molecule has 288 valence electrons. The molecular weight excluding hydrogens is 711 g/mol. The average molecular weight is 756 g/mol. The van der Waals surface area contributed by atoms with Gasteiger partial charge in [-0.1, -0.05) is 18.2 Å². The highest BCUT2D eigenvalue weighted by Crippen LogP contribution is 2.39. The summed E-state index contributed by atoms with van der Waals surface area (Å²) in [6.45, 7) is 8.16. The number of aryl methyl sites for hydroxylation is 1. The lowest BCUT2D eigenvalue weighted by atomic mass is 9.92. The lowest BCUT2D eigenvalue weighted by Gasteiger charge is -2.37. The molecule has 2 aromatic heterocycles. The summed E-state index contributed by atoms with van der Waals surface area (Å²) in [6, 6.07) is 14.6. The number of nitrogens with zero attached hydrogens (tertiary/aromatic N) is 5. The molecule has 0 saturated carbocycles. The third kappa shape index (κ3) is 8.10. The molecule has 0 bridgehead atoms. The first-order chi connectivity index (χ1) is 26.2. The van der Waals surface area contributed by atoms with Crippen LogP contribution in [0, 0.1) is 25.2 Å². The number of alkyl halides is 3. The van der Waals surface area contributed by atoms with Crippen molar-refractivity contribution < 1.29 is 32.2 Å². The maximum Gasteiger partial charge on any atom is 0.433 e. The highest BCUT2D eigenvalue weighted by Gasteiger charge is 2.34. The van der Waals surface area contributed by atoms with Gasteiger partial charge in [-0.05, 0) is 93.1 Å². The van der Waals surface area contributed by atoms with Crippen LogP contribution in [0.25, 0.3) is 17.2 Å². The fraction of sp³-hybridized carbons (Fsp3) is 0.381. The van der Waals surface area contributed by atoms with E-state index in [-0.39, 0.29) is 22.9 Å². The SMILES string of the molecule is COc1cc(-c2cn(C)c(=O)c(C)c2C)cc(OC)c1CN1CCC(Oc2cccc3c2CCN(C(=O)C(C#N)=Cc2cccc(C(F)(F)F)n2)C3C)CC1. The minimum Gasteiger partial charge on any atom is -0.496 e. The van der Waals surface area contributed by atoms with E-state index in [0.29, 0.717) is 36.6 Å². The number of ether oxygens (including phenoxy) is 3. The number of hydrogen-bond acceptors (Lipinski definition) is 8. The van der Waals surface area contributed by atoms with Crippen LogP contribution in [0.2, 0.25) is 0 Å². The van der Waals surface area contributed by atoms with Crippen LogP contribution in [0.15, 0.2) is 65.1 Å². The molecule has 4 aromatic rings. The summed E-state index contributed by atoms with van der Waals surface area (Å²) in [5.41, 5.74) is 4.77. The van der Waals surface area contributed by atoms with Crippen LogP contribution in [0.4, 0.5) is 13.2 Å². The number of methoxy groups -OCH3 is 2. The molecule has 2 aromatic carbocycles. The van der Waals surface area contributed by atoms with Crippen LogP contribution in [-0.2, 0) is 31.0 Å². The van der Waals surface area contributed by atoms with Gasteiger partial charge in [0.15, 0.2) is 0 Å². The van der Waals surface area contributed by atoms with Crippen molar-refractivity contribution in [1.82, 2.24) is 19.4 Å². The molecule has 0 spiro atoms. The van der Waals surface area contributed by atoms with E-state index >= 15 is 0 Å². The second-order valence-corrected chi connectivity index (χ2v) is 14.0. The van der Waals surface area contributed by atoms with Gasteiger partial charge in [0.2, 0.25) is 0 Å². The smallest absolute Gasteiger partial charge is 0.433 e. The van der Waals surface area contributed by atoms with E-state index in [1.165, 1.54) is 12.1 Å². The van der Waals surface area contributed by atoms with E-state index in [9.17, 15) is 28.0 Å². The van der Waals surface area contributed by atoms with E-state index in [2.05, 4.69) is 9.88 Å². The Bertz CT molecular complexity index is 2210. The number of pyridine rings is 2. The lowest BCUT2D eigenvalue weighted by Crippen LogP contribution is -2.40. The summed E-state index contributed by atoms with van der Waals surface area (Å²) in [6.07, 6.45) is 0.362. The molecule has 2 aliphatic heterocycles. The van der Waals surface area contributed by atoms with Gasteiger partial charge < -0.3 is 23.7 Å². The number of piperidine rings is 1. The Morgan fingerprint density at radius 1 is 1.00 bits per heavy atom. The van der Waals surface area contributed by atoms with E-state index in [1.807, 2.05) is 63.4 Å². The number of carbonyl (C=O) groups excluding carboxylic acids is 1. The number of fused-ring (bicyclic) bond motifs is 1. The fourth-order valence-electron chi connectivity index (χ4n) is 7.51. The zero-order chi connectivity index (χ0) is 39.6. The number of halogens is 3. The number of amides is 1. The molecule has 1 amide bonds. The molecule has 10 nitrogen and oxygen atoms in total. The Morgan fingerprint density at radius 3 is 2.31 bits per heavy atom. The van der Waals surface area contributed by atoms with Gasteiger partial charge in [0.1, 0.15) is 40.7 Å². The third-order valence-electron chi connectivity index (χ3n) is 10.7. The monoisotopic (exact) mass is 755 g/mol. The average Bonchev–Trinajstić information content (AvgIpc) is 3.18. The van der Waals surface area contributed by atoms with E-state index in [0.717, 1.165) is 77.2 Å². The van der Waals surface area contributed by atoms with Crippen LogP contribution in [0.5, 0.6) is 17.2 Å². The molecule has 0 N–H and O–H groups in total. The van der Waals surface area contributed by atoms with Crippen molar-refractivity contribution in [3.8, 4) is 34.4 Å². The molecule has 13 heteroatoms. The van der Waals surface area contributed by atoms with Crippen molar-refractivity contribution in [3.63, 3.8) is 0 Å². The molecule has 1 unspecified atom stereocenters. The van der Waals surface area contributed by atoms with E-state index < -0.39 is 23.8 Å². The minimum absolute atomic E-state index is 0.0205. The standard InChI is InChI=1S/C42H44F3N5O5/c1-25-26(2)40(51)48(4)23-34(25)28-20-37(53-5)35(38(21-28)54-6)24-49-16-13-31(14-17-49)55-36-11-8-10-32-27(3)50(18-15-33(32)36)41(52)29(22-46)19-30-9-7-12-39(47-30)42(43,44)45/h7-12,19-21,23,27,31H,13-18,24H2,1-6H3. The summed E-state index contributed by atoms with van der Waals surface area (Å²) in [4.78, 5) is 33.5. The topological polar surface area (TPSA) is 110 Å². The predicted octanol–water partition coefficient (Wildman–Crippen LogP) is 7.20. The maximum atomic E-state index is 13.5. The summed E-state index contributed by atoms with van der Waals surface area (Å²) in [5, 5.41) is 9.81. The van der Waals surface area contributed by atoms with Gasteiger partial charge in [0, 0.05) is 56.1 Å². The van der Waals surface area contributed by atoms with Gasteiger partial charge >= 0.3 is 6.18 Å². The lowest BCUT2D eigenvalue weighted by molar-refractivity contribution is -0.141. The molecule has 6 rings (SSSR count). The predicted molar refractivity (Wildman–Crippen MR) is 202 cm³/mol. The number of rotatable bonds is 9. The highest BCUT2D eigenvalue weighted by molar-refractivity contribution is 6.01. The normalized spacial score (nSPS) is 16.7. The third-order valence-corrected chi connectivity index (χ3v) is 10.7. The summed E-state index contributed by atoms with van der Waals surface area (Å²) < 4.78 is 59.6. The first-order valence-corrected chi connectivity index (χ1v) is 18.1. The Labute approximate surface area is 318 Å². The quantitative estimate of drug-likeness (QED) is 0.130. The Kier molecular flexibility index (Phi) is 11.4. The minimum atomic E-state index is -4.65. The van der Waals surface area contributed by atoms with Crippen molar-refractivity contribution in [2.24, 2.45) is 7.05 Å². The van der Waals surface area contributed by atoms with Gasteiger partial charge in [-0.3, -0.25) is 14.5 Å². The molecule has 1 atom stereocenters. The molecule has 1 saturated heterocycles. The maximum absolute atomic E-state index is 13.5. The summed E-state index contributed by atoms with van der Waals surface area (Å²) in [7, 11) is 5.04. The number of nitriles is 1. The van der Waals surface area contributed by atoms with Gasteiger partial charge in [0.05, 0.1) is 31.5 Å². The molecular formula is C42H44F3N5O5. The largest absolute Gasteiger partial charge is 0.496 e. The van der Waals surface area contributed by atoms with Crippen molar-refractivity contribution in [2.75, 3.05) is 33.9 Å². The van der Waals surface area contributed by atoms with Crippen molar-refractivity contribution in [3.05, 3.63) is 110 Å². The zero-order valence-corrected chi connectivity index (χ0v) is 31.8. The molecule has 55 heavy (non-hydrogen) atoms.